The molecule has 0 N–H and O–H groups in total. The van der Waals surface area contributed by atoms with Crippen LogP contribution in [0.3, 0.4) is 0 Å². The Labute approximate surface area is 136 Å². The van der Waals surface area contributed by atoms with E-state index in [1.54, 1.807) is 0 Å². The van der Waals surface area contributed by atoms with E-state index in [1.807, 2.05) is 0 Å². The van der Waals surface area contributed by atoms with E-state index in [1.165, 1.54) is 56.7 Å². The van der Waals surface area contributed by atoms with Crippen LogP contribution in [0.1, 0.15) is 74.7 Å². The molecule has 1 nitrogen and oxygen atoms in total. The van der Waals surface area contributed by atoms with Gasteiger partial charge in [0.15, 0.2) is 0 Å². The van der Waals surface area contributed by atoms with Crippen molar-refractivity contribution in [2.75, 3.05) is 13.1 Å². The molecule has 1 rings (SSSR count). The van der Waals surface area contributed by atoms with Crippen LogP contribution in [-0.2, 0) is 0 Å². The maximum absolute atomic E-state index is 2.78. The number of hydrogen-bond donors (Lipinski definition) is 0. The third-order valence-electron chi connectivity index (χ3n) is 5.22. The second-order valence-corrected chi connectivity index (χ2v) is 13.4. The third kappa shape index (κ3) is 4.66. The topological polar surface area (TPSA) is 3.24 Å². The number of likely N-dealkylation sites (tertiary alicyclic amines) is 1. The quantitative estimate of drug-likeness (QED) is 0.686. The summed E-state index contributed by atoms with van der Waals surface area (Å²) in [7, 11) is 0. The molecule has 110 valence electrons. The van der Waals surface area contributed by atoms with Crippen molar-refractivity contribution in [2.45, 2.75) is 83.4 Å². The van der Waals surface area contributed by atoms with Crippen LogP contribution in [0.2, 0.25) is 3.17 Å². The van der Waals surface area contributed by atoms with Gasteiger partial charge >= 0.3 is 137 Å². The van der Waals surface area contributed by atoms with Gasteiger partial charge in [0, 0.05) is 0 Å². The van der Waals surface area contributed by atoms with Crippen molar-refractivity contribution in [3.8, 4) is 0 Å². The van der Waals surface area contributed by atoms with Crippen LogP contribution in [0.5, 0.6) is 0 Å². The van der Waals surface area contributed by atoms with Gasteiger partial charge in [0.05, 0.1) is 0 Å². The fourth-order valence-electron chi connectivity index (χ4n) is 3.67. The van der Waals surface area contributed by atoms with Crippen LogP contribution in [0.15, 0.2) is 0 Å². The van der Waals surface area contributed by atoms with E-state index >= 15 is 0 Å². The molecule has 0 spiro atoms. The fraction of sp³-hybridized carbons (Fsp3) is 1.00. The summed E-state index contributed by atoms with van der Waals surface area (Å²) in [5.41, 5.74) is 1.25. The van der Waals surface area contributed by atoms with Crippen LogP contribution in [0.25, 0.3) is 0 Å². The number of nitrogens with zero attached hydrogens (tertiary/aromatic N) is 1. The first-order valence-corrected chi connectivity index (χ1v) is 9.46. The first-order chi connectivity index (χ1) is 8.27. The van der Waals surface area contributed by atoms with E-state index in [9.17, 15) is 0 Å². The Morgan fingerprint density at radius 3 is 1.95 bits per heavy atom. The predicted octanol–water partition coefficient (Wildman–Crippen LogP) is 4.67. The van der Waals surface area contributed by atoms with Crippen molar-refractivity contribution in [3.63, 3.8) is 0 Å². The molecule has 0 aromatic rings. The second-order valence-electron chi connectivity index (χ2n) is 9.31. The first kappa shape index (κ1) is 17.9. The van der Waals surface area contributed by atoms with E-state index < -0.39 is 0 Å². The van der Waals surface area contributed by atoms with Crippen molar-refractivity contribution >= 4 is 24.4 Å². The van der Waals surface area contributed by atoms with Gasteiger partial charge in [0.25, 0.3) is 0 Å². The Kier molecular flexibility index (Phi) is 5.23. The van der Waals surface area contributed by atoms with E-state index in [-0.39, 0.29) is 0 Å². The zero-order valence-electron chi connectivity index (χ0n) is 14.6. The Bertz CT molecular complexity index is 310. The summed E-state index contributed by atoms with van der Waals surface area (Å²) in [5, 5.41) is 0. The monoisotopic (exact) mass is 367 g/mol. The third-order valence-corrected chi connectivity index (χ3v) is 7.24. The molecule has 0 saturated carbocycles. The normalized spacial score (nSPS) is 25.7. The predicted molar refractivity (Wildman–Crippen MR) is 86.9 cm³/mol. The van der Waals surface area contributed by atoms with Crippen LogP contribution in [0.4, 0.5) is 0 Å². The molecule has 0 aromatic carbocycles. The minimum absolute atomic E-state index is 0.313. The zero-order chi connectivity index (χ0) is 15.1. The van der Waals surface area contributed by atoms with E-state index in [2.05, 4.69) is 60.3 Å². The summed E-state index contributed by atoms with van der Waals surface area (Å²) in [6, 6.07) is 0. The molecule has 1 fully saturated rings. The number of rotatable bonds is 2. The summed E-state index contributed by atoms with van der Waals surface area (Å²) in [6.45, 7) is 22.1. The van der Waals surface area contributed by atoms with Gasteiger partial charge in [-0.3, -0.25) is 0 Å². The molecule has 19 heavy (non-hydrogen) atoms. The molecular formula is C17H34InN. The molecule has 0 bridgehead atoms. The summed E-state index contributed by atoms with van der Waals surface area (Å²) >= 11 is 1.32. The van der Waals surface area contributed by atoms with Gasteiger partial charge < -0.3 is 0 Å². The molecule has 1 heterocycles. The Morgan fingerprint density at radius 2 is 1.47 bits per heavy atom. The summed E-state index contributed by atoms with van der Waals surface area (Å²) in [4.78, 5) is 2.78. The maximum atomic E-state index is 2.78. The van der Waals surface area contributed by atoms with Gasteiger partial charge in [0.2, 0.25) is 0 Å². The number of hydrogen-bond acceptors (Lipinski definition) is 1. The molecule has 2 heteroatoms. The SMILES string of the molecule is CC1(C)CCCN(C(C)(C)[C](C)(C)[In])CC(C)(C)C1. The van der Waals surface area contributed by atoms with Gasteiger partial charge in [-0.15, -0.1) is 0 Å². The van der Waals surface area contributed by atoms with Gasteiger partial charge in [-0.25, -0.2) is 0 Å². The van der Waals surface area contributed by atoms with Crippen LogP contribution < -0.4 is 0 Å². The van der Waals surface area contributed by atoms with Crippen molar-refractivity contribution in [1.82, 2.24) is 4.90 Å². The summed E-state index contributed by atoms with van der Waals surface area (Å²) in [5.74, 6) is 0. The van der Waals surface area contributed by atoms with Gasteiger partial charge in [0.1, 0.15) is 0 Å². The van der Waals surface area contributed by atoms with Crippen molar-refractivity contribution in [1.29, 1.82) is 0 Å². The average Bonchev–Trinajstić information content (AvgIpc) is 2.09. The molecular weight excluding hydrogens is 333 g/mol. The van der Waals surface area contributed by atoms with E-state index in [0.717, 1.165) is 0 Å². The standard InChI is InChI=1S/C17H34N.In/c1-14(2)17(7,8)18-11-9-10-15(3,4)12-16(5,6)13-18;/h9-13H2,1-8H3;. The molecule has 0 amide bonds. The van der Waals surface area contributed by atoms with Gasteiger partial charge in [-0.1, -0.05) is 0 Å². The minimum atomic E-state index is 0.313. The molecule has 2 radical (unpaired) electrons. The molecule has 0 aromatic heterocycles. The van der Waals surface area contributed by atoms with Gasteiger partial charge in [-0.2, -0.15) is 0 Å². The second kappa shape index (κ2) is 5.55. The van der Waals surface area contributed by atoms with E-state index in [4.69, 9.17) is 0 Å². The molecule has 1 aliphatic heterocycles. The first-order valence-electron chi connectivity index (χ1n) is 7.81. The average molecular weight is 367 g/mol. The van der Waals surface area contributed by atoms with Crippen molar-refractivity contribution in [3.05, 3.63) is 0 Å². The van der Waals surface area contributed by atoms with E-state index in [0.29, 0.717) is 19.5 Å². The molecule has 0 unspecified atom stereocenters. The molecule has 0 aliphatic carbocycles. The molecule has 1 aliphatic rings. The van der Waals surface area contributed by atoms with Crippen LogP contribution >= 0.6 is 0 Å². The molecule has 0 atom stereocenters. The fourth-order valence-corrected chi connectivity index (χ4v) is 4.19. The summed E-state index contributed by atoms with van der Waals surface area (Å²) < 4.78 is 0.447. The van der Waals surface area contributed by atoms with Crippen LogP contribution in [-0.4, -0.2) is 47.9 Å². The van der Waals surface area contributed by atoms with Gasteiger partial charge in [-0.05, 0) is 0 Å². The summed E-state index contributed by atoms with van der Waals surface area (Å²) in [6.07, 6.45) is 4.06. The zero-order valence-corrected chi connectivity index (χ0v) is 17.9. The van der Waals surface area contributed by atoms with Crippen LogP contribution in [0, 0.1) is 10.8 Å². The molecule has 1 saturated heterocycles. The Balaban J connectivity index is 2.94. The van der Waals surface area contributed by atoms with Crippen molar-refractivity contribution in [2.24, 2.45) is 10.8 Å². The Hall–Kier alpha value is 0.830. The van der Waals surface area contributed by atoms with Crippen molar-refractivity contribution < 1.29 is 0 Å². The Morgan fingerprint density at radius 1 is 0.947 bits per heavy atom.